The summed E-state index contributed by atoms with van der Waals surface area (Å²) in [6, 6.07) is 4.83. The van der Waals surface area contributed by atoms with Crippen LogP contribution in [0.25, 0.3) is 0 Å². The van der Waals surface area contributed by atoms with Gasteiger partial charge in [-0.3, -0.25) is 4.79 Å². The van der Waals surface area contributed by atoms with Gasteiger partial charge in [-0.25, -0.2) is 4.39 Å². The van der Waals surface area contributed by atoms with Gasteiger partial charge in [0.25, 0.3) is 0 Å². The molecular weight excluding hydrogens is 239 g/mol. The summed E-state index contributed by atoms with van der Waals surface area (Å²) in [5, 5.41) is 12.0. The Morgan fingerprint density at radius 3 is 2.67 bits per heavy atom. The molecule has 5 nitrogen and oxygen atoms in total. The molecule has 0 saturated heterocycles. The molecular formula is C12H17FN2O3. The molecule has 100 valence electrons. The summed E-state index contributed by atoms with van der Waals surface area (Å²) in [6.07, 6.45) is -0.849. The van der Waals surface area contributed by atoms with E-state index in [9.17, 15) is 14.3 Å². The van der Waals surface area contributed by atoms with Gasteiger partial charge in [0.1, 0.15) is 24.3 Å². The fraction of sp³-hybridized carbons (Fsp3) is 0.417. The largest absolute Gasteiger partial charge is 0.491 e. The Bertz CT molecular complexity index is 381. The fourth-order valence-corrected chi connectivity index (χ4v) is 1.16. The van der Waals surface area contributed by atoms with E-state index in [-0.39, 0.29) is 24.9 Å². The van der Waals surface area contributed by atoms with Crippen molar-refractivity contribution in [2.75, 3.05) is 13.2 Å². The van der Waals surface area contributed by atoms with Crippen LogP contribution >= 0.6 is 0 Å². The number of aliphatic hydroxyl groups excluding tert-OH is 1. The minimum atomic E-state index is -0.849. The van der Waals surface area contributed by atoms with Gasteiger partial charge in [-0.15, -0.1) is 0 Å². The summed E-state index contributed by atoms with van der Waals surface area (Å²) in [5.41, 5.74) is 5.34. The first-order valence-corrected chi connectivity index (χ1v) is 5.58. The lowest BCUT2D eigenvalue weighted by Gasteiger charge is -2.14. The maximum atomic E-state index is 12.6. The van der Waals surface area contributed by atoms with Crippen molar-refractivity contribution >= 4 is 5.91 Å². The highest BCUT2D eigenvalue weighted by molar-refractivity contribution is 5.80. The van der Waals surface area contributed by atoms with E-state index in [1.54, 1.807) is 6.92 Å². The Labute approximate surface area is 105 Å². The van der Waals surface area contributed by atoms with Crippen molar-refractivity contribution < 1.29 is 19.0 Å². The average Bonchev–Trinajstić information content (AvgIpc) is 2.35. The first kappa shape index (κ1) is 14.4. The Balaban J connectivity index is 2.26. The number of hydrogen-bond donors (Lipinski definition) is 3. The smallest absolute Gasteiger partial charge is 0.236 e. The van der Waals surface area contributed by atoms with Crippen LogP contribution in [0.4, 0.5) is 4.39 Å². The third kappa shape index (κ3) is 5.11. The van der Waals surface area contributed by atoms with Crippen LogP contribution in [0.15, 0.2) is 24.3 Å². The van der Waals surface area contributed by atoms with Gasteiger partial charge in [0.05, 0.1) is 6.04 Å². The van der Waals surface area contributed by atoms with Crippen LogP contribution in [0.5, 0.6) is 5.75 Å². The van der Waals surface area contributed by atoms with Gasteiger partial charge >= 0.3 is 0 Å². The number of halogens is 1. The molecule has 4 N–H and O–H groups in total. The third-order valence-electron chi connectivity index (χ3n) is 2.18. The summed E-state index contributed by atoms with van der Waals surface area (Å²) >= 11 is 0. The Morgan fingerprint density at radius 2 is 2.11 bits per heavy atom. The van der Waals surface area contributed by atoms with Crippen LogP contribution in [0.1, 0.15) is 6.92 Å². The number of nitrogens with one attached hydrogen (secondary N) is 1. The molecule has 1 unspecified atom stereocenters. The van der Waals surface area contributed by atoms with Crippen molar-refractivity contribution in [3.05, 3.63) is 30.1 Å². The molecule has 1 amide bonds. The number of hydrogen-bond acceptors (Lipinski definition) is 4. The highest BCUT2D eigenvalue weighted by Crippen LogP contribution is 2.11. The molecule has 0 bridgehead atoms. The molecule has 18 heavy (non-hydrogen) atoms. The second kappa shape index (κ2) is 6.93. The summed E-state index contributed by atoms with van der Waals surface area (Å²) < 4.78 is 17.8. The zero-order chi connectivity index (χ0) is 13.5. The van der Waals surface area contributed by atoms with Crippen LogP contribution in [0.3, 0.4) is 0 Å². The molecule has 0 aliphatic heterocycles. The second-order valence-electron chi connectivity index (χ2n) is 3.95. The molecule has 0 aromatic heterocycles. The second-order valence-corrected chi connectivity index (χ2v) is 3.95. The molecule has 1 aromatic rings. The number of carbonyl (C=O) groups is 1. The van der Waals surface area contributed by atoms with E-state index < -0.39 is 12.1 Å². The zero-order valence-corrected chi connectivity index (χ0v) is 10.1. The van der Waals surface area contributed by atoms with Gasteiger partial charge in [-0.2, -0.15) is 0 Å². The summed E-state index contributed by atoms with van der Waals surface area (Å²) in [4.78, 5) is 11.1. The molecule has 0 aliphatic rings. The summed E-state index contributed by atoms with van der Waals surface area (Å²) in [6.45, 7) is 1.61. The van der Waals surface area contributed by atoms with Crippen LogP contribution < -0.4 is 15.8 Å². The van der Waals surface area contributed by atoms with Gasteiger partial charge < -0.3 is 20.9 Å². The van der Waals surface area contributed by atoms with Crippen LogP contribution in [0.2, 0.25) is 0 Å². The minimum Gasteiger partial charge on any atom is -0.491 e. The van der Waals surface area contributed by atoms with Crippen LogP contribution in [-0.4, -0.2) is 36.3 Å². The maximum Gasteiger partial charge on any atom is 0.236 e. The predicted octanol–water partition coefficient (Wildman–Crippen LogP) is 0.0288. The number of aliphatic hydroxyl groups is 1. The zero-order valence-electron chi connectivity index (χ0n) is 10.1. The van der Waals surface area contributed by atoms with Crippen molar-refractivity contribution in [2.24, 2.45) is 5.73 Å². The normalized spacial score (nSPS) is 13.8. The van der Waals surface area contributed by atoms with Crippen molar-refractivity contribution in [2.45, 2.75) is 19.1 Å². The molecule has 0 aliphatic carbocycles. The van der Waals surface area contributed by atoms with Crippen LogP contribution in [-0.2, 0) is 4.79 Å². The molecule has 2 atom stereocenters. The van der Waals surface area contributed by atoms with Crippen molar-refractivity contribution in [3.8, 4) is 5.75 Å². The van der Waals surface area contributed by atoms with E-state index in [1.165, 1.54) is 24.3 Å². The molecule has 0 spiro atoms. The minimum absolute atomic E-state index is 0.00483. The SMILES string of the molecule is C[C@H](N)C(=O)NCC(O)COc1ccc(F)cc1. The van der Waals surface area contributed by atoms with Crippen LogP contribution in [0, 0.1) is 5.82 Å². The fourth-order valence-electron chi connectivity index (χ4n) is 1.16. The maximum absolute atomic E-state index is 12.6. The van der Waals surface area contributed by atoms with Crippen molar-refractivity contribution in [3.63, 3.8) is 0 Å². The number of benzene rings is 1. The lowest BCUT2D eigenvalue weighted by molar-refractivity contribution is -0.122. The molecule has 0 radical (unpaired) electrons. The number of nitrogens with two attached hydrogens (primary N) is 1. The van der Waals surface area contributed by atoms with E-state index in [2.05, 4.69) is 5.32 Å². The van der Waals surface area contributed by atoms with Gasteiger partial charge in [0.15, 0.2) is 0 Å². The van der Waals surface area contributed by atoms with E-state index in [1.807, 2.05) is 0 Å². The predicted molar refractivity (Wildman–Crippen MR) is 64.6 cm³/mol. The van der Waals surface area contributed by atoms with Gasteiger partial charge in [-0.1, -0.05) is 0 Å². The van der Waals surface area contributed by atoms with Gasteiger partial charge in [0.2, 0.25) is 5.91 Å². The number of amides is 1. The van der Waals surface area contributed by atoms with E-state index in [4.69, 9.17) is 10.5 Å². The molecule has 1 aromatic carbocycles. The lowest BCUT2D eigenvalue weighted by atomic mass is 10.3. The van der Waals surface area contributed by atoms with Gasteiger partial charge in [0, 0.05) is 6.54 Å². The molecule has 6 heteroatoms. The van der Waals surface area contributed by atoms with Crippen molar-refractivity contribution in [1.29, 1.82) is 0 Å². The van der Waals surface area contributed by atoms with E-state index >= 15 is 0 Å². The molecule has 0 fully saturated rings. The number of carbonyl (C=O) groups excluding carboxylic acids is 1. The first-order chi connectivity index (χ1) is 8.49. The molecule has 0 saturated carbocycles. The Kier molecular flexibility index (Phi) is 5.54. The number of ether oxygens (including phenoxy) is 1. The molecule has 0 heterocycles. The van der Waals surface area contributed by atoms with E-state index in [0.717, 1.165) is 0 Å². The first-order valence-electron chi connectivity index (χ1n) is 5.58. The number of rotatable bonds is 6. The standard InChI is InChI=1S/C12H17FN2O3/c1-8(14)12(17)15-6-10(16)7-18-11-4-2-9(13)3-5-11/h2-5,8,10,16H,6-7,14H2,1H3,(H,15,17)/t8-,10?/m0/s1. The molecule has 1 rings (SSSR count). The van der Waals surface area contributed by atoms with Crippen molar-refractivity contribution in [1.82, 2.24) is 5.32 Å². The highest BCUT2D eigenvalue weighted by Gasteiger charge is 2.10. The quantitative estimate of drug-likeness (QED) is 0.670. The topological polar surface area (TPSA) is 84.6 Å². The lowest BCUT2D eigenvalue weighted by Crippen LogP contribution is -2.42. The Hall–Kier alpha value is -1.66. The highest BCUT2D eigenvalue weighted by atomic mass is 19.1. The summed E-state index contributed by atoms with van der Waals surface area (Å²) in [7, 11) is 0. The average molecular weight is 256 g/mol. The monoisotopic (exact) mass is 256 g/mol. The van der Waals surface area contributed by atoms with E-state index in [0.29, 0.717) is 5.75 Å². The Morgan fingerprint density at radius 1 is 1.50 bits per heavy atom. The van der Waals surface area contributed by atoms with Gasteiger partial charge in [-0.05, 0) is 31.2 Å². The summed E-state index contributed by atoms with van der Waals surface area (Å²) in [5.74, 6) is -0.239. The third-order valence-corrected chi connectivity index (χ3v) is 2.18.